The molecule has 3 rings (SSSR count). The summed E-state index contributed by atoms with van der Waals surface area (Å²) in [5, 5.41) is 9.70. The molecule has 1 N–H and O–H groups in total. The molecule has 1 aromatic rings. The zero-order chi connectivity index (χ0) is 16.8. The molecule has 130 valence electrons. The van der Waals surface area contributed by atoms with Crippen LogP contribution in [0.1, 0.15) is 39.5 Å². The Balaban J connectivity index is 1.92. The highest BCUT2D eigenvalue weighted by Crippen LogP contribution is 2.42. The lowest BCUT2D eigenvalue weighted by Gasteiger charge is -2.37. The average Bonchev–Trinajstić information content (AvgIpc) is 3.03. The van der Waals surface area contributed by atoms with Gasteiger partial charge in [-0.3, -0.25) is 0 Å². The fourth-order valence-corrected chi connectivity index (χ4v) is 7.14. The van der Waals surface area contributed by atoms with E-state index in [1.165, 1.54) is 4.31 Å². The van der Waals surface area contributed by atoms with Gasteiger partial charge in [-0.1, -0.05) is 11.6 Å². The van der Waals surface area contributed by atoms with Gasteiger partial charge in [-0.15, -0.1) is 11.3 Å². The largest absolute Gasteiger partial charge is 0.393 e. The van der Waals surface area contributed by atoms with Crippen LogP contribution in [0.3, 0.4) is 0 Å². The van der Waals surface area contributed by atoms with Crippen molar-refractivity contribution < 1.29 is 18.3 Å². The summed E-state index contributed by atoms with van der Waals surface area (Å²) in [7, 11) is -3.66. The molecule has 2 heterocycles. The van der Waals surface area contributed by atoms with E-state index in [0.717, 1.165) is 37.0 Å². The Kier molecular flexibility index (Phi) is 4.81. The number of hydrogen-bond acceptors (Lipinski definition) is 5. The molecule has 1 aliphatic carbocycles. The monoisotopic (exact) mass is 379 g/mol. The Morgan fingerprint density at radius 3 is 2.52 bits per heavy atom. The van der Waals surface area contributed by atoms with Crippen LogP contribution in [0.2, 0.25) is 4.34 Å². The van der Waals surface area contributed by atoms with Crippen molar-refractivity contribution >= 4 is 33.0 Å². The van der Waals surface area contributed by atoms with Crippen molar-refractivity contribution in [3.05, 3.63) is 16.5 Å². The summed E-state index contributed by atoms with van der Waals surface area (Å²) in [6, 6.07) is 2.97. The molecular weight excluding hydrogens is 358 g/mol. The van der Waals surface area contributed by atoms with Crippen LogP contribution in [0, 0.1) is 5.92 Å². The van der Waals surface area contributed by atoms with E-state index < -0.39 is 15.7 Å². The number of sulfonamides is 1. The Morgan fingerprint density at radius 2 is 1.96 bits per heavy atom. The van der Waals surface area contributed by atoms with Gasteiger partial charge < -0.3 is 9.84 Å². The van der Waals surface area contributed by atoms with Crippen LogP contribution in [-0.2, 0) is 14.8 Å². The van der Waals surface area contributed by atoms with Gasteiger partial charge in [0.25, 0.3) is 10.0 Å². The molecule has 1 aliphatic heterocycles. The first-order valence-corrected chi connectivity index (χ1v) is 10.5. The first-order chi connectivity index (χ1) is 10.7. The summed E-state index contributed by atoms with van der Waals surface area (Å²) in [5.74, 6) is 0.213. The van der Waals surface area contributed by atoms with Gasteiger partial charge in [0.2, 0.25) is 0 Å². The second-order valence-electron chi connectivity index (χ2n) is 6.75. The third kappa shape index (κ3) is 3.32. The molecule has 2 fully saturated rings. The zero-order valence-electron chi connectivity index (χ0n) is 13.2. The lowest BCUT2D eigenvalue weighted by atomic mass is 9.83. The molecule has 2 aliphatic rings. The maximum Gasteiger partial charge on any atom is 0.255 e. The highest BCUT2D eigenvalue weighted by atomic mass is 35.5. The summed E-state index contributed by atoms with van der Waals surface area (Å²) in [6.45, 7) is 3.97. The molecule has 1 saturated carbocycles. The summed E-state index contributed by atoms with van der Waals surface area (Å²) in [5.41, 5.74) is -0.879. The predicted octanol–water partition coefficient (Wildman–Crippen LogP) is 3.08. The Morgan fingerprint density at radius 1 is 1.30 bits per heavy atom. The Bertz CT molecular complexity index is 665. The van der Waals surface area contributed by atoms with E-state index >= 15 is 0 Å². The number of halogens is 1. The molecule has 5 nitrogen and oxygen atoms in total. The van der Waals surface area contributed by atoms with Crippen LogP contribution in [0.25, 0.3) is 0 Å². The molecule has 1 saturated heterocycles. The van der Waals surface area contributed by atoms with Crippen LogP contribution in [0.4, 0.5) is 0 Å². The number of rotatable bonds is 3. The number of hydrogen-bond donors (Lipinski definition) is 1. The predicted molar refractivity (Wildman–Crippen MR) is 90.1 cm³/mol. The minimum atomic E-state index is -3.66. The highest BCUT2D eigenvalue weighted by molar-refractivity contribution is 7.91. The van der Waals surface area contributed by atoms with E-state index in [-0.39, 0.29) is 22.3 Å². The molecule has 0 amide bonds. The van der Waals surface area contributed by atoms with Gasteiger partial charge in [0, 0.05) is 0 Å². The maximum absolute atomic E-state index is 13.1. The second kappa shape index (κ2) is 6.28. The number of ether oxygens (including phenoxy) is 1. The molecule has 0 unspecified atom stereocenters. The van der Waals surface area contributed by atoms with Crippen LogP contribution in [0.5, 0.6) is 0 Å². The van der Waals surface area contributed by atoms with Crippen molar-refractivity contribution in [2.75, 3.05) is 6.61 Å². The Labute approximate surface area is 146 Å². The molecule has 1 atom stereocenters. The van der Waals surface area contributed by atoms with E-state index in [9.17, 15) is 13.5 Å². The fraction of sp³-hybridized carbons (Fsp3) is 0.733. The van der Waals surface area contributed by atoms with Crippen molar-refractivity contribution in [1.29, 1.82) is 0 Å². The van der Waals surface area contributed by atoms with Crippen molar-refractivity contribution in [3.63, 3.8) is 0 Å². The molecular formula is C15H22ClNO4S2. The van der Waals surface area contributed by atoms with Gasteiger partial charge in [-0.05, 0) is 57.6 Å². The van der Waals surface area contributed by atoms with Gasteiger partial charge >= 0.3 is 0 Å². The lowest BCUT2D eigenvalue weighted by Crippen LogP contribution is -2.50. The van der Waals surface area contributed by atoms with E-state index in [2.05, 4.69) is 0 Å². The number of nitrogens with zero attached hydrogens (tertiary/aromatic N) is 1. The van der Waals surface area contributed by atoms with Crippen molar-refractivity contribution in [2.45, 2.75) is 61.6 Å². The number of aliphatic hydroxyl groups excluding tert-OH is 1. The highest BCUT2D eigenvalue weighted by Gasteiger charge is 2.51. The minimum absolute atomic E-state index is 0.191. The molecule has 0 radical (unpaired) electrons. The Hall–Kier alpha value is -0.180. The van der Waals surface area contributed by atoms with Crippen molar-refractivity contribution in [1.82, 2.24) is 4.31 Å². The van der Waals surface area contributed by atoms with Crippen molar-refractivity contribution in [3.8, 4) is 0 Å². The molecule has 23 heavy (non-hydrogen) atoms. The smallest absolute Gasteiger partial charge is 0.255 e. The maximum atomic E-state index is 13.1. The molecule has 8 heteroatoms. The van der Waals surface area contributed by atoms with E-state index in [0.29, 0.717) is 10.9 Å². The quantitative estimate of drug-likeness (QED) is 0.876. The van der Waals surface area contributed by atoms with E-state index in [4.69, 9.17) is 16.3 Å². The summed E-state index contributed by atoms with van der Waals surface area (Å²) < 4.78 is 34.3. The molecule has 0 bridgehead atoms. The molecule has 0 spiro atoms. The number of aliphatic hydroxyl groups is 1. The van der Waals surface area contributed by atoms with Crippen LogP contribution in [-0.4, -0.2) is 42.3 Å². The molecule has 0 aromatic carbocycles. The van der Waals surface area contributed by atoms with E-state index in [1.54, 1.807) is 26.0 Å². The first kappa shape index (κ1) is 17.6. The summed E-state index contributed by atoms with van der Waals surface area (Å²) in [4.78, 5) is 0. The van der Waals surface area contributed by atoms with Crippen molar-refractivity contribution in [2.24, 2.45) is 5.92 Å². The standard InChI is InChI=1S/C15H22ClNO4S2/c1-15(2)17(23(19,20)14-8-7-13(16)22-14)12(9-21-15)10-3-5-11(18)6-4-10/h7-8,10-12,18H,3-6,9H2,1-2H3/t10?,11?,12-/m1/s1. The average molecular weight is 380 g/mol. The fourth-order valence-electron chi connectivity index (χ4n) is 3.63. The first-order valence-electron chi connectivity index (χ1n) is 7.84. The summed E-state index contributed by atoms with van der Waals surface area (Å²) in [6.07, 6.45) is 2.83. The SMILES string of the molecule is CC1(C)OC[C@H](C2CCC(O)CC2)N1S(=O)(=O)c1ccc(Cl)s1. The second-order valence-corrected chi connectivity index (χ2v) is 10.5. The van der Waals surface area contributed by atoms with Crippen LogP contribution in [0.15, 0.2) is 16.3 Å². The summed E-state index contributed by atoms with van der Waals surface area (Å²) >= 11 is 6.99. The van der Waals surface area contributed by atoms with Gasteiger partial charge in [0.15, 0.2) is 0 Å². The van der Waals surface area contributed by atoms with Gasteiger partial charge in [-0.2, -0.15) is 4.31 Å². The number of thiophene rings is 1. The van der Waals surface area contributed by atoms with Gasteiger partial charge in [-0.25, -0.2) is 8.42 Å². The van der Waals surface area contributed by atoms with Gasteiger partial charge in [0.05, 0.1) is 23.1 Å². The lowest BCUT2D eigenvalue weighted by molar-refractivity contribution is -0.0167. The van der Waals surface area contributed by atoms with Crippen LogP contribution < -0.4 is 0 Å². The minimum Gasteiger partial charge on any atom is -0.393 e. The van der Waals surface area contributed by atoms with Crippen LogP contribution >= 0.6 is 22.9 Å². The third-order valence-corrected chi connectivity index (χ3v) is 8.57. The topological polar surface area (TPSA) is 66.8 Å². The normalized spacial score (nSPS) is 32.3. The third-order valence-electron chi connectivity index (χ3n) is 4.79. The molecule has 1 aromatic heterocycles. The van der Waals surface area contributed by atoms with Gasteiger partial charge in [0.1, 0.15) is 9.93 Å². The van der Waals surface area contributed by atoms with E-state index in [1.807, 2.05) is 0 Å². The zero-order valence-corrected chi connectivity index (χ0v) is 15.6.